The monoisotopic (exact) mass is 409 g/mol. The van der Waals surface area contributed by atoms with E-state index in [4.69, 9.17) is 4.74 Å². The molecule has 1 aromatic carbocycles. The molecule has 0 aromatic heterocycles. The lowest BCUT2D eigenvalue weighted by Gasteiger charge is -2.49. The van der Waals surface area contributed by atoms with Crippen LogP contribution in [0.2, 0.25) is 0 Å². The summed E-state index contributed by atoms with van der Waals surface area (Å²) in [5.74, 6) is 0.752. The molecule has 1 saturated carbocycles. The highest BCUT2D eigenvalue weighted by Gasteiger charge is 2.39. The third-order valence-electron chi connectivity index (χ3n) is 6.14. The fourth-order valence-corrected chi connectivity index (χ4v) is 4.57. The van der Waals surface area contributed by atoms with Gasteiger partial charge in [-0.3, -0.25) is 9.69 Å². The summed E-state index contributed by atoms with van der Waals surface area (Å²) < 4.78 is 5.73. The lowest BCUT2D eigenvalue weighted by atomic mass is 9.79. The molecule has 2 fully saturated rings. The largest absolute Gasteiger partial charge is 0.484 e. The van der Waals surface area contributed by atoms with Crippen LogP contribution in [0.4, 0.5) is 0 Å². The van der Waals surface area contributed by atoms with Gasteiger partial charge in [-0.15, -0.1) is 12.4 Å². The van der Waals surface area contributed by atoms with E-state index in [0.717, 1.165) is 49.6 Å². The van der Waals surface area contributed by atoms with Crippen LogP contribution in [0.25, 0.3) is 0 Å². The highest BCUT2D eigenvalue weighted by Crippen LogP contribution is 2.34. The summed E-state index contributed by atoms with van der Waals surface area (Å²) in [6.45, 7) is 9.35. The van der Waals surface area contributed by atoms with E-state index in [9.17, 15) is 4.79 Å². The van der Waals surface area contributed by atoms with Crippen molar-refractivity contribution in [3.8, 4) is 5.75 Å². The number of nitrogens with zero attached hydrogens (tertiary/aromatic N) is 2. The van der Waals surface area contributed by atoms with Gasteiger partial charge in [-0.1, -0.05) is 25.3 Å². The molecule has 1 aliphatic carbocycles. The second kappa shape index (κ2) is 10.5. The maximum absolute atomic E-state index is 12.4. The number of carbonyl (C=O) groups excluding carboxylic acids is 1. The van der Waals surface area contributed by atoms with Gasteiger partial charge in [-0.25, -0.2) is 0 Å². The number of carbonyl (C=O) groups is 1. The van der Waals surface area contributed by atoms with E-state index in [1.165, 1.54) is 32.1 Å². The average Bonchev–Trinajstić information content (AvgIpc) is 2.65. The second-order valence-corrected chi connectivity index (χ2v) is 8.46. The Hall–Kier alpha value is -1.30. The van der Waals surface area contributed by atoms with Gasteiger partial charge in [-0.05, 0) is 57.0 Å². The van der Waals surface area contributed by atoms with E-state index in [1.807, 2.05) is 26.0 Å². The number of nitrogens with one attached hydrogen (secondary N) is 1. The molecule has 1 N–H and O–H groups in total. The van der Waals surface area contributed by atoms with Crippen molar-refractivity contribution in [3.63, 3.8) is 0 Å². The van der Waals surface area contributed by atoms with Crippen LogP contribution in [0, 0.1) is 13.8 Å². The minimum Gasteiger partial charge on any atom is -0.484 e. The van der Waals surface area contributed by atoms with E-state index >= 15 is 0 Å². The first kappa shape index (κ1) is 23.0. The van der Waals surface area contributed by atoms with Gasteiger partial charge in [0, 0.05) is 38.3 Å². The Bertz CT molecular complexity index is 618. The van der Waals surface area contributed by atoms with Gasteiger partial charge in [-0.2, -0.15) is 0 Å². The number of likely N-dealkylation sites (N-methyl/N-ethyl adjacent to an activating group) is 1. The zero-order valence-corrected chi connectivity index (χ0v) is 18.4. The van der Waals surface area contributed by atoms with Crippen LogP contribution in [0.1, 0.15) is 43.2 Å². The first-order valence-electron chi connectivity index (χ1n) is 10.4. The zero-order chi connectivity index (χ0) is 19.3. The minimum absolute atomic E-state index is 0. The van der Waals surface area contributed by atoms with Gasteiger partial charge in [0.2, 0.25) is 0 Å². The van der Waals surface area contributed by atoms with Gasteiger partial charge in [0.25, 0.3) is 5.91 Å². The molecule has 158 valence electrons. The number of amides is 1. The average molecular weight is 410 g/mol. The van der Waals surface area contributed by atoms with E-state index in [1.54, 1.807) is 0 Å². The summed E-state index contributed by atoms with van der Waals surface area (Å²) in [7, 11) is 2.19. The van der Waals surface area contributed by atoms with Crippen molar-refractivity contribution in [2.24, 2.45) is 0 Å². The van der Waals surface area contributed by atoms with Crippen molar-refractivity contribution in [3.05, 3.63) is 29.3 Å². The quantitative estimate of drug-likeness (QED) is 0.783. The van der Waals surface area contributed by atoms with Gasteiger partial charge in [0.15, 0.2) is 6.61 Å². The van der Waals surface area contributed by atoms with E-state index in [-0.39, 0.29) is 30.5 Å². The van der Waals surface area contributed by atoms with Crippen LogP contribution < -0.4 is 10.1 Å². The lowest BCUT2D eigenvalue weighted by Crippen LogP contribution is -2.61. The van der Waals surface area contributed by atoms with Crippen molar-refractivity contribution < 1.29 is 9.53 Å². The number of piperazine rings is 1. The number of aryl methyl sites for hydroxylation is 2. The predicted molar refractivity (Wildman–Crippen MR) is 117 cm³/mol. The minimum atomic E-state index is -0.0202. The first-order chi connectivity index (χ1) is 13.0. The Morgan fingerprint density at radius 3 is 2.25 bits per heavy atom. The highest BCUT2D eigenvalue weighted by atomic mass is 35.5. The van der Waals surface area contributed by atoms with Crippen LogP contribution in [-0.2, 0) is 4.79 Å². The van der Waals surface area contributed by atoms with Crippen molar-refractivity contribution in [1.29, 1.82) is 0 Å². The van der Waals surface area contributed by atoms with E-state index < -0.39 is 0 Å². The number of halogens is 1. The molecule has 28 heavy (non-hydrogen) atoms. The molecule has 3 rings (SSSR count). The summed E-state index contributed by atoms with van der Waals surface area (Å²) in [5.41, 5.74) is 2.44. The number of ether oxygens (including phenoxy) is 1. The molecule has 2 aliphatic rings. The Kier molecular flexibility index (Phi) is 8.59. The number of hydrogen-bond donors (Lipinski definition) is 1. The smallest absolute Gasteiger partial charge is 0.258 e. The van der Waals surface area contributed by atoms with E-state index in [2.05, 4.69) is 28.2 Å². The normalized spacial score (nSPS) is 20.2. The molecular formula is C22H36ClN3O2. The highest BCUT2D eigenvalue weighted by molar-refractivity contribution is 5.85. The molecule has 1 heterocycles. The fraction of sp³-hybridized carbons (Fsp3) is 0.682. The molecule has 0 bridgehead atoms. The summed E-state index contributed by atoms with van der Waals surface area (Å²) in [4.78, 5) is 17.5. The Labute approximate surface area is 176 Å². The van der Waals surface area contributed by atoms with Crippen molar-refractivity contribution >= 4 is 18.3 Å². The molecule has 0 radical (unpaired) electrons. The topological polar surface area (TPSA) is 44.8 Å². The Morgan fingerprint density at radius 2 is 1.64 bits per heavy atom. The van der Waals surface area contributed by atoms with Crippen LogP contribution >= 0.6 is 12.4 Å². The summed E-state index contributed by atoms with van der Waals surface area (Å²) in [5, 5.41) is 3.18. The van der Waals surface area contributed by atoms with Crippen molar-refractivity contribution in [2.75, 3.05) is 46.4 Å². The molecule has 5 nitrogen and oxygen atoms in total. The second-order valence-electron chi connectivity index (χ2n) is 8.46. The van der Waals surface area contributed by atoms with Crippen LogP contribution in [-0.4, -0.2) is 67.6 Å². The fourth-order valence-electron chi connectivity index (χ4n) is 4.57. The number of benzene rings is 1. The molecule has 0 atom stereocenters. The van der Waals surface area contributed by atoms with E-state index in [0.29, 0.717) is 0 Å². The predicted octanol–water partition coefficient (Wildman–Crippen LogP) is 3.17. The standard InChI is InChI=1S/C22H35N3O2.ClH/c1-18-13-19(2)15-20(14-18)27-16-21(26)23-17-22(7-5-4-6-8-22)25-11-9-24(3)10-12-25;/h13-15H,4-12,16-17H2,1-3H3,(H,23,26);1H. The Balaban J connectivity index is 0.00000280. The summed E-state index contributed by atoms with van der Waals surface area (Å²) in [6.07, 6.45) is 6.23. The van der Waals surface area contributed by atoms with Gasteiger partial charge in [0.1, 0.15) is 5.75 Å². The first-order valence-corrected chi connectivity index (χ1v) is 10.4. The molecule has 1 saturated heterocycles. The molecule has 1 aliphatic heterocycles. The lowest BCUT2D eigenvalue weighted by molar-refractivity contribution is -0.124. The molecule has 0 spiro atoms. The number of rotatable bonds is 6. The molecule has 6 heteroatoms. The SMILES string of the molecule is Cc1cc(C)cc(OCC(=O)NCC2(N3CCN(C)CC3)CCCCC2)c1.Cl. The van der Waals surface area contributed by atoms with Crippen molar-refractivity contribution in [2.45, 2.75) is 51.5 Å². The zero-order valence-electron chi connectivity index (χ0n) is 17.6. The molecule has 1 aromatic rings. The molecular weight excluding hydrogens is 374 g/mol. The van der Waals surface area contributed by atoms with Crippen LogP contribution in [0.15, 0.2) is 18.2 Å². The third kappa shape index (κ3) is 6.10. The van der Waals surface area contributed by atoms with Crippen LogP contribution in [0.3, 0.4) is 0 Å². The summed E-state index contributed by atoms with van der Waals surface area (Å²) in [6, 6.07) is 6.07. The Morgan fingerprint density at radius 1 is 1.04 bits per heavy atom. The molecule has 0 unspecified atom stereocenters. The summed E-state index contributed by atoms with van der Waals surface area (Å²) >= 11 is 0. The van der Waals surface area contributed by atoms with Crippen LogP contribution in [0.5, 0.6) is 5.75 Å². The maximum atomic E-state index is 12.4. The van der Waals surface area contributed by atoms with Gasteiger partial charge in [0.05, 0.1) is 0 Å². The molecule has 1 amide bonds. The van der Waals surface area contributed by atoms with Gasteiger partial charge < -0.3 is 15.0 Å². The third-order valence-corrected chi connectivity index (χ3v) is 6.14. The maximum Gasteiger partial charge on any atom is 0.258 e. The van der Waals surface area contributed by atoms with Gasteiger partial charge >= 0.3 is 0 Å². The van der Waals surface area contributed by atoms with Crippen molar-refractivity contribution in [1.82, 2.24) is 15.1 Å². The number of hydrogen-bond acceptors (Lipinski definition) is 4.